The minimum Gasteiger partial charge on any atom is -0.351 e. The molecule has 134 valence electrons. The van der Waals surface area contributed by atoms with Gasteiger partial charge in [0.15, 0.2) is 0 Å². The molecule has 0 aliphatic heterocycles. The van der Waals surface area contributed by atoms with Crippen LogP contribution in [-0.4, -0.2) is 22.6 Å². The van der Waals surface area contributed by atoms with Crippen LogP contribution in [0.1, 0.15) is 54.9 Å². The molecule has 0 radical (unpaired) electrons. The fraction of sp³-hybridized carbons (Fsp3) is 0.421. The van der Waals surface area contributed by atoms with Crippen LogP contribution in [0.3, 0.4) is 0 Å². The van der Waals surface area contributed by atoms with Gasteiger partial charge in [-0.3, -0.25) is 9.59 Å². The van der Waals surface area contributed by atoms with Gasteiger partial charge in [-0.15, -0.1) is 0 Å². The van der Waals surface area contributed by atoms with Gasteiger partial charge in [0.25, 0.3) is 11.5 Å². The van der Waals surface area contributed by atoms with E-state index in [1.807, 2.05) is 27.7 Å². The number of amides is 1. The highest BCUT2D eigenvalue weighted by Gasteiger charge is 2.26. The smallest absolute Gasteiger partial charge is 0.277 e. The van der Waals surface area contributed by atoms with Crippen molar-refractivity contribution in [2.75, 3.05) is 6.54 Å². The number of carbonyl (C=O) groups is 1. The van der Waals surface area contributed by atoms with Gasteiger partial charge < -0.3 is 5.32 Å². The van der Waals surface area contributed by atoms with E-state index < -0.39 is 16.9 Å². The van der Waals surface area contributed by atoms with E-state index in [1.165, 1.54) is 6.07 Å². The number of rotatable bonds is 6. The van der Waals surface area contributed by atoms with Crippen LogP contribution in [-0.2, 0) is 18.3 Å². The van der Waals surface area contributed by atoms with E-state index in [0.717, 1.165) is 0 Å². The standard InChI is InChI=1S/C19H24FN3O2/c1-5-12-15(6-2)22-23-18(25)16(12)17(24)21-11-19(3,4)13-9-7-8-10-14(13)20/h7-10H,5-6,11H2,1-4H3,(H,21,24)(H,23,25). The van der Waals surface area contributed by atoms with Crippen LogP contribution in [0.25, 0.3) is 0 Å². The number of benzene rings is 1. The molecule has 0 aliphatic carbocycles. The Balaban J connectivity index is 2.27. The molecule has 5 nitrogen and oxygen atoms in total. The lowest BCUT2D eigenvalue weighted by Crippen LogP contribution is -2.40. The van der Waals surface area contributed by atoms with Crippen molar-refractivity contribution in [1.29, 1.82) is 0 Å². The van der Waals surface area contributed by atoms with Crippen molar-refractivity contribution in [2.45, 2.75) is 46.0 Å². The number of hydrogen-bond acceptors (Lipinski definition) is 3. The Hall–Kier alpha value is -2.50. The van der Waals surface area contributed by atoms with Crippen molar-refractivity contribution in [3.63, 3.8) is 0 Å². The van der Waals surface area contributed by atoms with E-state index in [-0.39, 0.29) is 17.9 Å². The zero-order valence-electron chi connectivity index (χ0n) is 15.1. The van der Waals surface area contributed by atoms with Crippen LogP contribution in [0.2, 0.25) is 0 Å². The predicted octanol–water partition coefficient (Wildman–Crippen LogP) is 2.74. The number of aromatic amines is 1. The quantitative estimate of drug-likeness (QED) is 0.845. The Morgan fingerprint density at radius 3 is 2.52 bits per heavy atom. The summed E-state index contributed by atoms with van der Waals surface area (Å²) in [6.45, 7) is 7.71. The largest absolute Gasteiger partial charge is 0.351 e. The number of H-pyrrole nitrogens is 1. The van der Waals surface area contributed by atoms with Gasteiger partial charge in [-0.25, -0.2) is 9.49 Å². The van der Waals surface area contributed by atoms with Crippen LogP contribution >= 0.6 is 0 Å². The molecule has 1 heterocycles. The van der Waals surface area contributed by atoms with Crippen molar-refractivity contribution in [2.24, 2.45) is 0 Å². The normalized spacial score (nSPS) is 11.4. The molecule has 0 bridgehead atoms. The van der Waals surface area contributed by atoms with E-state index in [2.05, 4.69) is 15.5 Å². The van der Waals surface area contributed by atoms with Gasteiger partial charge in [0.05, 0.1) is 5.69 Å². The minimum absolute atomic E-state index is 0.0960. The molecule has 2 aromatic rings. The summed E-state index contributed by atoms with van der Waals surface area (Å²) < 4.78 is 14.0. The monoisotopic (exact) mass is 345 g/mol. The van der Waals surface area contributed by atoms with Gasteiger partial charge in [-0.2, -0.15) is 5.10 Å². The summed E-state index contributed by atoms with van der Waals surface area (Å²) >= 11 is 0. The lowest BCUT2D eigenvalue weighted by molar-refractivity contribution is 0.0942. The number of aryl methyl sites for hydroxylation is 1. The van der Waals surface area contributed by atoms with Crippen LogP contribution in [0.15, 0.2) is 29.1 Å². The minimum atomic E-state index is -0.610. The number of carbonyl (C=O) groups excluding carboxylic acids is 1. The molecule has 0 fully saturated rings. The fourth-order valence-corrected chi connectivity index (χ4v) is 2.93. The SMILES string of the molecule is CCc1n[nH]c(=O)c(C(=O)NCC(C)(C)c2ccccc2F)c1CC. The molecular formula is C19H24FN3O2. The number of halogens is 1. The van der Waals surface area contributed by atoms with Gasteiger partial charge in [0, 0.05) is 12.0 Å². The second-order valence-corrected chi connectivity index (χ2v) is 6.61. The number of hydrogen-bond donors (Lipinski definition) is 2. The molecule has 25 heavy (non-hydrogen) atoms. The highest BCUT2D eigenvalue weighted by atomic mass is 19.1. The van der Waals surface area contributed by atoms with Gasteiger partial charge >= 0.3 is 0 Å². The average Bonchev–Trinajstić information content (AvgIpc) is 2.59. The van der Waals surface area contributed by atoms with Crippen LogP contribution in [0.4, 0.5) is 4.39 Å². The number of nitrogens with zero attached hydrogens (tertiary/aromatic N) is 1. The van der Waals surface area contributed by atoms with Crippen molar-refractivity contribution in [3.05, 3.63) is 62.8 Å². The van der Waals surface area contributed by atoms with Crippen molar-refractivity contribution >= 4 is 5.91 Å². The number of aromatic nitrogens is 2. The summed E-state index contributed by atoms with van der Waals surface area (Å²) in [4.78, 5) is 24.7. The highest BCUT2D eigenvalue weighted by molar-refractivity contribution is 5.95. The molecule has 2 rings (SSSR count). The topological polar surface area (TPSA) is 74.8 Å². The average molecular weight is 345 g/mol. The summed E-state index contributed by atoms with van der Waals surface area (Å²) in [6.07, 6.45) is 1.17. The third-order valence-corrected chi connectivity index (χ3v) is 4.38. The van der Waals surface area contributed by atoms with Gasteiger partial charge in [0.1, 0.15) is 11.4 Å². The maximum absolute atomic E-state index is 14.0. The molecule has 0 spiro atoms. The zero-order chi connectivity index (χ0) is 18.6. The molecule has 1 amide bonds. The maximum Gasteiger partial charge on any atom is 0.277 e. The lowest BCUT2D eigenvalue weighted by Gasteiger charge is -2.26. The van der Waals surface area contributed by atoms with Crippen molar-refractivity contribution < 1.29 is 9.18 Å². The third kappa shape index (κ3) is 3.95. The maximum atomic E-state index is 14.0. The molecule has 6 heteroatoms. The molecule has 0 aliphatic rings. The Labute approximate surface area is 146 Å². The summed E-state index contributed by atoms with van der Waals surface area (Å²) in [5, 5.41) is 9.18. The second kappa shape index (κ2) is 7.59. The summed E-state index contributed by atoms with van der Waals surface area (Å²) in [7, 11) is 0. The van der Waals surface area contributed by atoms with Crippen molar-refractivity contribution in [3.8, 4) is 0 Å². The van der Waals surface area contributed by atoms with Gasteiger partial charge in [-0.1, -0.05) is 45.9 Å². The first-order valence-electron chi connectivity index (χ1n) is 8.45. The number of nitrogens with one attached hydrogen (secondary N) is 2. The van der Waals surface area contributed by atoms with E-state index in [0.29, 0.717) is 29.7 Å². The molecule has 1 aromatic carbocycles. The van der Waals surface area contributed by atoms with Gasteiger partial charge in [0.2, 0.25) is 0 Å². The predicted molar refractivity (Wildman–Crippen MR) is 95.4 cm³/mol. The first kappa shape index (κ1) is 18.8. The first-order valence-corrected chi connectivity index (χ1v) is 8.45. The Bertz CT molecular complexity index is 828. The Morgan fingerprint density at radius 2 is 1.92 bits per heavy atom. The molecule has 0 unspecified atom stereocenters. The van der Waals surface area contributed by atoms with E-state index in [1.54, 1.807) is 18.2 Å². The lowest BCUT2D eigenvalue weighted by atomic mass is 9.84. The Kier molecular flexibility index (Phi) is 5.72. The summed E-state index contributed by atoms with van der Waals surface area (Å²) in [5.41, 5.74) is 0.867. The molecule has 0 atom stereocenters. The third-order valence-electron chi connectivity index (χ3n) is 4.38. The highest BCUT2D eigenvalue weighted by Crippen LogP contribution is 2.25. The van der Waals surface area contributed by atoms with Gasteiger partial charge in [-0.05, 0) is 30.0 Å². The molecule has 0 saturated carbocycles. The fourth-order valence-electron chi connectivity index (χ4n) is 2.93. The van der Waals surface area contributed by atoms with Crippen LogP contribution in [0.5, 0.6) is 0 Å². The summed E-state index contributed by atoms with van der Waals surface area (Å²) in [6, 6.07) is 6.49. The Morgan fingerprint density at radius 1 is 1.24 bits per heavy atom. The second-order valence-electron chi connectivity index (χ2n) is 6.61. The van der Waals surface area contributed by atoms with E-state index >= 15 is 0 Å². The molecule has 0 saturated heterocycles. The summed E-state index contributed by atoms with van der Waals surface area (Å²) in [5.74, 6) is -0.773. The molecule has 1 aromatic heterocycles. The zero-order valence-corrected chi connectivity index (χ0v) is 15.1. The first-order chi connectivity index (χ1) is 11.8. The van der Waals surface area contributed by atoms with Crippen molar-refractivity contribution in [1.82, 2.24) is 15.5 Å². The van der Waals surface area contributed by atoms with Crippen LogP contribution < -0.4 is 10.9 Å². The van der Waals surface area contributed by atoms with E-state index in [9.17, 15) is 14.0 Å². The molecule has 2 N–H and O–H groups in total. The van der Waals surface area contributed by atoms with Crippen LogP contribution in [0, 0.1) is 5.82 Å². The molecular weight excluding hydrogens is 321 g/mol. The van der Waals surface area contributed by atoms with E-state index in [4.69, 9.17) is 0 Å².